The van der Waals surface area contributed by atoms with E-state index in [0.29, 0.717) is 12.1 Å². The van der Waals surface area contributed by atoms with Crippen LogP contribution in [0.5, 0.6) is 0 Å². The first kappa shape index (κ1) is 13.6. The van der Waals surface area contributed by atoms with Crippen LogP contribution in [-0.2, 0) is 0 Å². The highest BCUT2D eigenvalue weighted by Crippen LogP contribution is 2.22. The molecule has 0 fully saturated rings. The van der Waals surface area contributed by atoms with Crippen molar-refractivity contribution in [1.82, 2.24) is 10.3 Å². The van der Waals surface area contributed by atoms with Crippen molar-refractivity contribution in [2.24, 2.45) is 0 Å². The lowest BCUT2D eigenvalue weighted by Gasteiger charge is -2.13. The third kappa shape index (κ3) is 2.63. The van der Waals surface area contributed by atoms with Gasteiger partial charge in [-0.3, -0.25) is 4.79 Å². The van der Waals surface area contributed by atoms with Crippen LogP contribution in [0.4, 0.5) is 0 Å². The smallest absolute Gasteiger partial charge is 0.268 e. The molecular weight excluding hydrogens is 240 g/mol. The van der Waals surface area contributed by atoms with Gasteiger partial charge < -0.3 is 15.4 Å². The van der Waals surface area contributed by atoms with Gasteiger partial charge in [0.25, 0.3) is 5.91 Å². The zero-order valence-corrected chi connectivity index (χ0v) is 11.6. The summed E-state index contributed by atoms with van der Waals surface area (Å²) in [6, 6.07) is 5.88. The third-order valence-electron chi connectivity index (χ3n) is 3.49. The summed E-state index contributed by atoms with van der Waals surface area (Å²) in [5.41, 5.74) is 3.66. The largest absolute Gasteiger partial charge is 0.394 e. The minimum Gasteiger partial charge on any atom is -0.394 e. The van der Waals surface area contributed by atoms with Crippen molar-refractivity contribution in [2.75, 3.05) is 6.61 Å². The van der Waals surface area contributed by atoms with Crippen LogP contribution in [0.15, 0.2) is 18.2 Å². The number of benzene rings is 1. The van der Waals surface area contributed by atoms with Gasteiger partial charge in [0, 0.05) is 10.9 Å². The lowest BCUT2D eigenvalue weighted by Crippen LogP contribution is -2.37. The van der Waals surface area contributed by atoms with E-state index in [-0.39, 0.29) is 18.6 Å². The van der Waals surface area contributed by atoms with Crippen molar-refractivity contribution < 1.29 is 9.90 Å². The van der Waals surface area contributed by atoms with Gasteiger partial charge in [-0.2, -0.15) is 0 Å². The summed E-state index contributed by atoms with van der Waals surface area (Å²) < 4.78 is 0. The molecule has 0 aliphatic rings. The summed E-state index contributed by atoms with van der Waals surface area (Å²) in [5, 5.41) is 13.0. The molecule has 3 N–H and O–H groups in total. The number of aryl methyl sites for hydroxylation is 2. The summed E-state index contributed by atoms with van der Waals surface area (Å²) in [6.07, 6.45) is 0.709. The normalized spacial score (nSPS) is 12.6. The fourth-order valence-electron chi connectivity index (χ4n) is 2.20. The summed E-state index contributed by atoms with van der Waals surface area (Å²) >= 11 is 0. The molecule has 2 rings (SSSR count). The molecule has 102 valence electrons. The quantitative estimate of drug-likeness (QED) is 0.789. The van der Waals surface area contributed by atoms with E-state index < -0.39 is 0 Å². The number of hydrogen-bond acceptors (Lipinski definition) is 2. The molecule has 0 bridgehead atoms. The van der Waals surface area contributed by atoms with E-state index in [9.17, 15) is 4.79 Å². The zero-order valence-electron chi connectivity index (χ0n) is 11.6. The second-order valence-corrected chi connectivity index (χ2v) is 4.94. The van der Waals surface area contributed by atoms with Crippen molar-refractivity contribution in [2.45, 2.75) is 33.2 Å². The predicted octanol–water partition coefficient (Wildman–Crippen LogP) is 2.29. The molecule has 1 aromatic heterocycles. The Balaban J connectivity index is 2.35. The van der Waals surface area contributed by atoms with Crippen LogP contribution in [-0.4, -0.2) is 28.6 Å². The van der Waals surface area contributed by atoms with E-state index in [1.165, 1.54) is 5.56 Å². The topological polar surface area (TPSA) is 65.1 Å². The fraction of sp³-hybridized carbons (Fsp3) is 0.400. The van der Waals surface area contributed by atoms with E-state index in [2.05, 4.69) is 16.4 Å². The van der Waals surface area contributed by atoms with Crippen molar-refractivity contribution in [3.8, 4) is 0 Å². The molecule has 19 heavy (non-hydrogen) atoms. The lowest BCUT2D eigenvalue weighted by atomic mass is 10.1. The Kier molecular flexibility index (Phi) is 3.90. The van der Waals surface area contributed by atoms with Gasteiger partial charge in [0.15, 0.2) is 0 Å². The van der Waals surface area contributed by atoms with Gasteiger partial charge in [0.05, 0.1) is 12.6 Å². The van der Waals surface area contributed by atoms with Crippen LogP contribution in [0, 0.1) is 13.8 Å². The van der Waals surface area contributed by atoms with E-state index >= 15 is 0 Å². The number of carbonyl (C=O) groups excluding carboxylic acids is 1. The molecule has 1 unspecified atom stereocenters. The number of nitrogens with one attached hydrogen (secondary N) is 2. The van der Waals surface area contributed by atoms with Gasteiger partial charge in [-0.05, 0) is 38.0 Å². The number of rotatable bonds is 4. The first-order valence-electron chi connectivity index (χ1n) is 6.57. The number of aromatic nitrogens is 1. The molecule has 1 atom stereocenters. The molecule has 0 aliphatic heterocycles. The van der Waals surface area contributed by atoms with Gasteiger partial charge in [0.1, 0.15) is 5.69 Å². The van der Waals surface area contributed by atoms with Crippen LogP contribution in [0.2, 0.25) is 0 Å². The summed E-state index contributed by atoms with van der Waals surface area (Å²) in [5.74, 6) is -0.160. The highest BCUT2D eigenvalue weighted by molar-refractivity contribution is 6.01. The number of H-pyrrole nitrogens is 1. The summed E-state index contributed by atoms with van der Waals surface area (Å²) in [7, 11) is 0. The monoisotopic (exact) mass is 260 g/mol. The highest BCUT2D eigenvalue weighted by Gasteiger charge is 2.17. The maximum absolute atomic E-state index is 12.2. The molecule has 0 spiro atoms. The molecule has 0 saturated carbocycles. The van der Waals surface area contributed by atoms with Crippen LogP contribution in [0.25, 0.3) is 10.9 Å². The molecule has 0 radical (unpaired) electrons. The first-order chi connectivity index (χ1) is 9.06. The van der Waals surface area contributed by atoms with Gasteiger partial charge in [-0.15, -0.1) is 0 Å². The minimum atomic E-state index is -0.194. The summed E-state index contributed by atoms with van der Waals surface area (Å²) in [4.78, 5) is 15.3. The van der Waals surface area contributed by atoms with E-state index in [0.717, 1.165) is 16.5 Å². The average molecular weight is 260 g/mol. The number of fused-ring (bicyclic) bond motifs is 1. The molecule has 0 aliphatic carbocycles. The second-order valence-electron chi connectivity index (χ2n) is 4.94. The van der Waals surface area contributed by atoms with E-state index in [1.807, 2.05) is 32.9 Å². The Bertz CT molecular complexity index is 597. The molecule has 1 heterocycles. The predicted molar refractivity (Wildman–Crippen MR) is 76.4 cm³/mol. The van der Waals surface area contributed by atoms with Gasteiger partial charge in [-0.25, -0.2) is 0 Å². The Morgan fingerprint density at radius 2 is 2.16 bits per heavy atom. The second kappa shape index (κ2) is 5.45. The molecule has 1 amide bonds. The molecular formula is C15H20N2O2. The maximum atomic E-state index is 12.2. The number of aromatic amines is 1. The van der Waals surface area contributed by atoms with Crippen molar-refractivity contribution in [1.29, 1.82) is 0 Å². The summed E-state index contributed by atoms with van der Waals surface area (Å²) in [6.45, 7) is 5.86. The van der Waals surface area contributed by atoms with Crippen molar-refractivity contribution in [3.63, 3.8) is 0 Å². The van der Waals surface area contributed by atoms with E-state index in [1.54, 1.807) is 0 Å². The fourth-order valence-corrected chi connectivity index (χ4v) is 2.20. The third-order valence-corrected chi connectivity index (χ3v) is 3.49. The maximum Gasteiger partial charge on any atom is 0.268 e. The number of carbonyl (C=O) groups is 1. The molecule has 0 saturated heterocycles. The Morgan fingerprint density at radius 1 is 1.42 bits per heavy atom. The van der Waals surface area contributed by atoms with Crippen molar-refractivity contribution >= 4 is 16.8 Å². The van der Waals surface area contributed by atoms with Crippen LogP contribution in [0.3, 0.4) is 0 Å². The van der Waals surface area contributed by atoms with Gasteiger partial charge >= 0.3 is 0 Å². The number of amides is 1. The molecule has 2 aromatic rings. The molecule has 1 aromatic carbocycles. The Labute approximate surface area is 112 Å². The van der Waals surface area contributed by atoms with Crippen LogP contribution < -0.4 is 5.32 Å². The number of aliphatic hydroxyl groups is 1. The zero-order chi connectivity index (χ0) is 14.0. The standard InChI is InChI=1S/C15H20N2O2/c1-4-11(8-18)16-15(19)14-10(3)12-7-9(2)5-6-13(12)17-14/h5-7,11,17-18H,4,8H2,1-3H3,(H,16,19). The minimum absolute atomic E-state index is 0.0410. The Morgan fingerprint density at radius 3 is 2.79 bits per heavy atom. The molecule has 4 heteroatoms. The van der Waals surface area contributed by atoms with Gasteiger partial charge in [-0.1, -0.05) is 18.6 Å². The van der Waals surface area contributed by atoms with E-state index in [4.69, 9.17) is 5.11 Å². The van der Waals surface area contributed by atoms with Crippen LogP contribution in [0.1, 0.15) is 35.0 Å². The average Bonchev–Trinajstić information content (AvgIpc) is 2.73. The lowest BCUT2D eigenvalue weighted by molar-refractivity contribution is 0.0910. The first-order valence-corrected chi connectivity index (χ1v) is 6.57. The number of hydrogen-bond donors (Lipinski definition) is 3. The van der Waals surface area contributed by atoms with Crippen LogP contribution >= 0.6 is 0 Å². The Hall–Kier alpha value is -1.81. The number of aliphatic hydroxyl groups excluding tert-OH is 1. The highest BCUT2D eigenvalue weighted by atomic mass is 16.3. The molecule has 4 nitrogen and oxygen atoms in total. The van der Waals surface area contributed by atoms with Gasteiger partial charge in [0.2, 0.25) is 0 Å². The van der Waals surface area contributed by atoms with Crippen molar-refractivity contribution in [3.05, 3.63) is 35.0 Å². The SMILES string of the molecule is CCC(CO)NC(=O)c1[nH]c2ccc(C)cc2c1C.